The number of hydrogen-bond donors (Lipinski definition) is 0. The fraction of sp³-hybridized carbons (Fsp3) is 0.167. The van der Waals surface area contributed by atoms with Crippen molar-refractivity contribution in [3.8, 4) is 17.2 Å². The van der Waals surface area contributed by atoms with Crippen molar-refractivity contribution in [1.82, 2.24) is 9.78 Å². The highest BCUT2D eigenvalue weighted by Crippen LogP contribution is 2.34. The first-order chi connectivity index (χ1) is 14.8. The van der Waals surface area contributed by atoms with Crippen molar-refractivity contribution >= 4 is 32.8 Å². The number of methoxy groups -OCH3 is 1. The van der Waals surface area contributed by atoms with Crippen LogP contribution in [0, 0.1) is 5.82 Å². The van der Waals surface area contributed by atoms with Gasteiger partial charge in [-0.05, 0) is 67.9 Å². The fourth-order valence-electron chi connectivity index (χ4n) is 3.32. The van der Waals surface area contributed by atoms with Gasteiger partial charge in [0.15, 0.2) is 0 Å². The van der Waals surface area contributed by atoms with Crippen LogP contribution in [0.1, 0.15) is 19.4 Å². The van der Waals surface area contributed by atoms with Gasteiger partial charge in [-0.1, -0.05) is 28.1 Å². The summed E-state index contributed by atoms with van der Waals surface area (Å²) in [5.74, 6) is 0.479. The lowest BCUT2D eigenvalue weighted by atomic mass is 9.84. The van der Waals surface area contributed by atoms with Gasteiger partial charge in [-0.15, -0.1) is 0 Å². The van der Waals surface area contributed by atoms with E-state index in [4.69, 9.17) is 9.47 Å². The van der Waals surface area contributed by atoms with Crippen LogP contribution >= 0.6 is 15.9 Å². The summed E-state index contributed by atoms with van der Waals surface area (Å²) < 4.78 is 26.7. The van der Waals surface area contributed by atoms with Crippen LogP contribution in [0.5, 0.6) is 11.5 Å². The Morgan fingerprint density at radius 1 is 1.10 bits per heavy atom. The van der Waals surface area contributed by atoms with Gasteiger partial charge in [0.2, 0.25) is 0 Å². The number of carbonyl (C=O) groups excluding carboxylic acids is 1. The highest BCUT2D eigenvalue weighted by Gasteiger charge is 2.31. The number of esters is 1. The molecule has 4 aromatic rings. The van der Waals surface area contributed by atoms with E-state index in [0.29, 0.717) is 11.5 Å². The standard InChI is InChI=1S/C24H20BrFN2O3/c1-24(2,23(29)30-3)15-5-4-6-18(11-15)28-14-20-21(27-28)12-16(25)13-22(20)31-19-9-7-17(26)8-10-19/h4-14H,1-3H3. The highest BCUT2D eigenvalue weighted by molar-refractivity contribution is 9.10. The number of nitrogens with zero attached hydrogens (tertiary/aromatic N) is 2. The molecule has 1 heterocycles. The normalized spacial score (nSPS) is 11.5. The number of fused-ring (bicyclic) bond motifs is 1. The second kappa shape index (κ2) is 8.15. The Labute approximate surface area is 187 Å². The number of rotatable bonds is 5. The van der Waals surface area contributed by atoms with Gasteiger partial charge >= 0.3 is 5.97 Å². The first kappa shape index (κ1) is 21.1. The van der Waals surface area contributed by atoms with Gasteiger partial charge in [0.1, 0.15) is 17.3 Å². The number of benzene rings is 3. The van der Waals surface area contributed by atoms with Gasteiger partial charge in [0.05, 0.1) is 29.1 Å². The topological polar surface area (TPSA) is 53.4 Å². The molecule has 5 nitrogen and oxygen atoms in total. The first-order valence-corrected chi connectivity index (χ1v) is 10.4. The van der Waals surface area contributed by atoms with Crippen LogP contribution in [0.15, 0.2) is 71.3 Å². The predicted molar refractivity (Wildman–Crippen MR) is 120 cm³/mol. The lowest BCUT2D eigenvalue weighted by Crippen LogP contribution is -2.30. The Bertz CT molecular complexity index is 1270. The molecule has 0 N–H and O–H groups in total. The third-order valence-corrected chi connectivity index (χ3v) is 5.58. The molecule has 31 heavy (non-hydrogen) atoms. The van der Waals surface area contributed by atoms with E-state index in [1.807, 2.05) is 56.4 Å². The Morgan fingerprint density at radius 2 is 1.84 bits per heavy atom. The molecule has 0 aliphatic carbocycles. The minimum atomic E-state index is -0.794. The van der Waals surface area contributed by atoms with E-state index >= 15 is 0 Å². The predicted octanol–water partition coefficient (Wildman–Crippen LogP) is 6.17. The molecule has 1 aromatic heterocycles. The zero-order valence-corrected chi connectivity index (χ0v) is 18.8. The van der Waals surface area contributed by atoms with Crippen LogP contribution in [0.2, 0.25) is 0 Å². The van der Waals surface area contributed by atoms with Gasteiger partial charge in [0, 0.05) is 10.7 Å². The second-order valence-electron chi connectivity index (χ2n) is 7.63. The maximum atomic E-state index is 13.2. The zero-order chi connectivity index (χ0) is 22.2. The van der Waals surface area contributed by atoms with Crippen LogP contribution in [0.3, 0.4) is 0 Å². The van der Waals surface area contributed by atoms with Crippen molar-refractivity contribution in [2.45, 2.75) is 19.3 Å². The van der Waals surface area contributed by atoms with Crippen LogP contribution < -0.4 is 4.74 Å². The average Bonchev–Trinajstić information content (AvgIpc) is 3.19. The van der Waals surface area contributed by atoms with E-state index < -0.39 is 5.41 Å². The lowest BCUT2D eigenvalue weighted by molar-refractivity contribution is -0.146. The average molecular weight is 483 g/mol. The van der Waals surface area contributed by atoms with E-state index in [-0.39, 0.29) is 11.8 Å². The summed E-state index contributed by atoms with van der Waals surface area (Å²) in [6, 6.07) is 17.2. The van der Waals surface area contributed by atoms with Crippen molar-refractivity contribution in [2.24, 2.45) is 0 Å². The quantitative estimate of drug-likeness (QED) is 0.319. The molecule has 0 spiro atoms. The van der Waals surface area contributed by atoms with Crippen LogP contribution in [0.25, 0.3) is 16.6 Å². The molecule has 3 aromatic carbocycles. The second-order valence-corrected chi connectivity index (χ2v) is 8.55. The number of carbonyl (C=O) groups is 1. The van der Waals surface area contributed by atoms with Gasteiger partial charge < -0.3 is 9.47 Å². The number of aromatic nitrogens is 2. The Hall–Kier alpha value is -3.19. The van der Waals surface area contributed by atoms with E-state index in [2.05, 4.69) is 21.0 Å². The summed E-state index contributed by atoms with van der Waals surface area (Å²) in [7, 11) is 1.38. The Balaban J connectivity index is 1.76. The molecule has 0 saturated heterocycles. The molecule has 0 aliphatic heterocycles. The third kappa shape index (κ3) is 4.18. The molecule has 0 fully saturated rings. The summed E-state index contributed by atoms with van der Waals surface area (Å²) in [5, 5.41) is 5.48. The Morgan fingerprint density at radius 3 is 2.55 bits per heavy atom. The first-order valence-electron chi connectivity index (χ1n) is 9.59. The molecule has 0 unspecified atom stereocenters. The summed E-state index contributed by atoms with van der Waals surface area (Å²) in [6.45, 7) is 3.65. The number of halogens is 2. The van der Waals surface area contributed by atoms with Crippen molar-refractivity contribution in [3.05, 3.63) is 82.7 Å². The maximum Gasteiger partial charge on any atom is 0.315 e. The zero-order valence-electron chi connectivity index (χ0n) is 17.2. The molecule has 0 atom stereocenters. The molecule has 7 heteroatoms. The van der Waals surface area contributed by atoms with E-state index in [0.717, 1.165) is 26.6 Å². The minimum absolute atomic E-state index is 0.311. The molecule has 0 bridgehead atoms. The van der Waals surface area contributed by atoms with Crippen molar-refractivity contribution < 1.29 is 18.7 Å². The number of ether oxygens (including phenoxy) is 2. The van der Waals surface area contributed by atoms with Crippen molar-refractivity contribution in [1.29, 1.82) is 0 Å². The number of hydrogen-bond acceptors (Lipinski definition) is 4. The van der Waals surface area contributed by atoms with Crippen molar-refractivity contribution in [3.63, 3.8) is 0 Å². The van der Waals surface area contributed by atoms with Crippen molar-refractivity contribution in [2.75, 3.05) is 7.11 Å². The highest BCUT2D eigenvalue weighted by atomic mass is 79.9. The monoisotopic (exact) mass is 482 g/mol. The molecule has 0 amide bonds. The molecular formula is C24H20BrFN2O3. The summed E-state index contributed by atoms with van der Waals surface area (Å²) in [4.78, 5) is 12.2. The van der Waals surface area contributed by atoms with Crippen LogP contribution in [0.4, 0.5) is 4.39 Å². The third-order valence-electron chi connectivity index (χ3n) is 5.12. The summed E-state index contributed by atoms with van der Waals surface area (Å²) in [5.41, 5.74) is 1.55. The molecule has 0 saturated carbocycles. The molecule has 0 aliphatic rings. The van der Waals surface area contributed by atoms with Gasteiger partial charge in [-0.3, -0.25) is 4.79 Å². The van der Waals surface area contributed by atoms with Gasteiger partial charge in [0.25, 0.3) is 0 Å². The molecule has 158 valence electrons. The largest absolute Gasteiger partial charge is 0.468 e. The summed E-state index contributed by atoms with van der Waals surface area (Å²) >= 11 is 3.49. The molecular weight excluding hydrogens is 463 g/mol. The fourth-order valence-corrected chi connectivity index (χ4v) is 3.74. The van der Waals surface area contributed by atoms with E-state index in [1.165, 1.54) is 19.2 Å². The van der Waals surface area contributed by atoms with Crippen LogP contribution in [-0.4, -0.2) is 22.9 Å². The van der Waals surface area contributed by atoms with Gasteiger partial charge in [-0.25, -0.2) is 9.07 Å². The van der Waals surface area contributed by atoms with E-state index in [1.54, 1.807) is 16.8 Å². The molecule has 0 radical (unpaired) electrons. The SMILES string of the molecule is COC(=O)C(C)(C)c1cccc(-n2cc3c(Oc4ccc(F)cc4)cc(Br)cc3n2)c1. The van der Waals surface area contributed by atoms with Gasteiger partial charge in [-0.2, -0.15) is 5.10 Å². The maximum absolute atomic E-state index is 13.2. The van der Waals surface area contributed by atoms with E-state index in [9.17, 15) is 9.18 Å². The smallest absolute Gasteiger partial charge is 0.315 e. The Kier molecular flexibility index (Phi) is 5.54. The lowest BCUT2D eigenvalue weighted by Gasteiger charge is -2.22. The van der Waals surface area contributed by atoms with Crippen LogP contribution in [-0.2, 0) is 14.9 Å². The minimum Gasteiger partial charge on any atom is -0.468 e. The summed E-state index contributed by atoms with van der Waals surface area (Å²) in [6.07, 6.45) is 1.87. The molecule has 4 rings (SSSR count).